The first kappa shape index (κ1) is 19.7. The summed E-state index contributed by atoms with van der Waals surface area (Å²) in [6.07, 6.45) is -0.215. The summed E-state index contributed by atoms with van der Waals surface area (Å²) in [5, 5.41) is 2.58. The van der Waals surface area contributed by atoms with Crippen molar-refractivity contribution in [3.63, 3.8) is 0 Å². The lowest BCUT2D eigenvalue weighted by Gasteiger charge is -2.10. The van der Waals surface area contributed by atoms with Gasteiger partial charge in [0.25, 0.3) is 0 Å². The Bertz CT molecular complexity index is 888. The fourth-order valence-electron chi connectivity index (χ4n) is 2.28. The lowest BCUT2D eigenvalue weighted by molar-refractivity contribution is -0.115. The number of esters is 1. The van der Waals surface area contributed by atoms with Gasteiger partial charge in [-0.05, 0) is 38.1 Å². The smallest absolute Gasteiger partial charge is 0.340 e. The Hall–Kier alpha value is -2.67. The highest BCUT2D eigenvalue weighted by molar-refractivity contribution is 7.91. The zero-order chi connectivity index (χ0) is 19.2. The molecule has 0 bridgehead atoms. The van der Waals surface area contributed by atoms with Crippen LogP contribution in [0.15, 0.2) is 53.4 Å². The molecule has 0 aliphatic carbocycles. The molecule has 0 heterocycles. The summed E-state index contributed by atoms with van der Waals surface area (Å²) >= 11 is 0. The molecule has 138 valence electrons. The minimum atomic E-state index is -3.55. The second-order valence-electron chi connectivity index (χ2n) is 5.70. The van der Waals surface area contributed by atoms with Crippen molar-refractivity contribution in [1.82, 2.24) is 0 Å². The van der Waals surface area contributed by atoms with Gasteiger partial charge in [-0.1, -0.05) is 29.8 Å². The molecule has 0 saturated carbocycles. The van der Waals surface area contributed by atoms with E-state index in [0.29, 0.717) is 5.69 Å². The van der Waals surface area contributed by atoms with Crippen LogP contribution in [0.1, 0.15) is 29.3 Å². The summed E-state index contributed by atoms with van der Waals surface area (Å²) < 4.78 is 29.6. The average Bonchev–Trinajstić information content (AvgIpc) is 2.61. The van der Waals surface area contributed by atoms with Gasteiger partial charge in [-0.3, -0.25) is 4.79 Å². The molecule has 0 unspecified atom stereocenters. The molecule has 0 saturated heterocycles. The molecule has 0 radical (unpaired) electrons. The molecule has 0 aliphatic heterocycles. The Labute approximate surface area is 153 Å². The fourth-order valence-corrected chi connectivity index (χ4v) is 3.52. The van der Waals surface area contributed by atoms with Crippen LogP contribution in [-0.2, 0) is 19.4 Å². The second-order valence-corrected chi connectivity index (χ2v) is 7.81. The zero-order valence-corrected chi connectivity index (χ0v) is 15.5. The first-order valence-corrected chi connectivity index (χ1v) is 9.84. The molecule has 1 amide bonds. The predicted octanol–water partition coefficient (Wildman–Crippen LogP) is 2.97. The summed E-state index contributed by atoms with van der Waals surface area (Å²) in [5.41, 5.74) is 1.48. The second kappa shape index (κ2) is 8.62. The molecule has 0 aromatic heterocycles. The molecule has 6 nitrogen and oxygen atoms in total. The average molecular weight is 375 g/mol. The molecule has 2 aromatic rings. The van der Waals surface area contributed by atoms with E-state index in [9.17, 15) is 18.0 Å². The number of aryl methyl sites for hydroxylation is 1. The number of carbonyl (C=O) groups excluding carboxylic acids is 2. The molecule has 2 aromatic carbocycles. The van der Waals surface area contributed by atoms with Gasteiger partial charge < -0.3 is 10.1 Å². The largest absolute Gasteiger partial charge is 0.462 e. The molecule has 0 fully saturated rings. The maximum Gasteiger partial charge on any atom is 0.340 e. The number of hydrogen-bond acceptors (Lipinski definition) is 5. The van der Waals surface area contributed by atoms with Gasteiger partial charge in [-0.2, -0.15) is 0 Å². The van der Waals surface area contributed by atoms with E-state index < -0.39 is 21.7 Å². The molecule has 7 heteroatoms. The van der Waals surface area contributed by atoms with Gasteiger partial charge in [0.2, 0.25) is 5.91 Å². The van der Waals surface area contributed by atoms with Crippen molar-refractivity contribution in [1.29, 1.82) is 0 Å². The SMILES string of the molecule is CCOC(=O)c1ccccc1NC(=O)CCS(=O)(=O)c1ccc(C)cc1. The summed E-state index contributed by atoms with van der Waals surface area (Å²) in [6.45, 7) is 3.77. The van der Waals surface area contributed by atoms with Crippen LogP contribution in [0.2, 0.25) is 0 Å². The van der Waals surface area contributed by atoms with E-state index in [1.165, 1.54) is 18.2 Å². The van der Waals surface area contributed by atoms with E-state index in [0.717, 1.165) is 5.56 Å². The third-order valence-electron chi connectivity index (χ3n) is 3.67. The maximum absolute atomic E-state index is 12.3. The molecular formula is C19H21NO5S. The van der Waals surface area contributed by atoms with Crippen LogP contribution < -0.4 is 5.32 Å². The summed E-state index contributed by atoms with van der Waals surface area (Å²) in [4.78, 5) is 24.2. The molecule has 0 aliphatic rings. The minimum Gasteiger partial charge on any atom is -0.462 e. The number of nitrogens with one attached hydrogen (secondary N) is 1. The van der Waals surface area contributed by atoms with Crippen LogP contribution in [-0.4, -0.2) is 32.7 Å². The number of ether oxygens (including phenoxy) is 1. The van der Waals surface area contributed by atoms with E-state index in [1.807, 2.05) is 6.92 Å². The van der Waals surface area contributed by atoms with E-state index in [1.54, 1.807) is 37.3 Å². The quantitative estimate of drug-likeness (QED) is 0.752. The van der Waals surface area contributed by atoms with Crippen LogP contribution in [0.5, 0.6) is 0 Å². The highest BCUT2D eigenvalue weighted by atomic mass is 32.2. The van der Waals surface area contributed by atoms with E-state index in [2.05, 4.69) is 5.32 Å². The van der Waals surface area contributed by atoms with Crippen LogP contribution in [0.3, 0.4) is 0 Å². The number of benzene rings is 2. The molecule has 2 rings (SSSR count). The molecule has 0 spiro atoms. The number of sulfone groups is 1. The highest BCUT2D eigenvalue weighted by Crippen LogP contribution is 2.17. The number of carbonyl (C=O) groups is 2. The summed E-state index contributed by atoms with van der Waals surface area (Å²) in [5.74, 6) is -1.35. The van der Waals surface area contributed by atoms with Gasteiger partial charge in [-0.15, -0.1) is 0 Å². The van der Waals surface area contributed by atoms with E-state index in [4.69, 9.17) is 4.74 Å². The van der Waals surface area contributed by atoms with E-state index in [-0.39, 0.29) is 29.2 Å². The monoisotopic (exact) mass is 375 g/mol. The maximum atomic E-state index is 12.3. The number of rotatable bonds is 7. The number of para-hydroxylation sites is 1. The Kier molecular flexibility index (Phi) is 6.52. The van der Waals surface area contributed by atoms with Crippen LogP contribution in [0, 0.1) is 6.92 Å². The third kappa shape index (κ3) is 5.16. The Morgan fingerprint density at radius 1 is 1.04 bits per heavy atom. The number of amides is 1. The van der Waals surface area contributed by atoms with Crippen molar-refractivity contribution in [2.24, 2.45) is 0 Å². The van der Waals surface area contributed by atoms with Crippen molar-refractivity contribution < 1.29 is 22.7 Å². The predicted molar refractivity (Wildman–Crippen MR) is 98.9 cm³/mol. The Balaban J connectivity index is 2.03. The topological polar surface area (TPSA) is 89.5 Å². The first-order chi connectivity index (χ1) is 12.3. The molecular weight excluding hydrogens is 354 g/mol. The van der Waals surface area contributed by atoms with Crippen molar-refractivity contribution >= 4 is 27.4 Å². The van der Waals surface area contributed by atoms with Gasteiger partial charge in [0, 0.05) is 6.42 Å². The van der Waals surface area contributed by atoms with Gasteiger partial charge in [0.15, 0.2) is 9.84 Å². The van der Waals surface area contributed by atoms with E-state index >= 15 is 0 Å². The van der Waals surface area contributed by atoms with Crippen molar-refractivity contribution in [3.05, 3.63) is 59.7 Å². The van der Waals surface area contributed by atoms with Gasteiger partial charge in [0.1, 0.15) is 0 Å². The van der Waals surface area contributed by atoms with Gasteiger partial charge >= 0.3 is 5.97 Å². The standard InChI is InChI=1S/C19H21NO5S/c1-3-25-19(22)16-6-4-5-7-17(16)20-18(21)12-13-26(23,24)15-10-8-14(2)9-11-15/h4-11H,3,12-13H2,1-2H3,(H,20,21). The lowest BCUT2D eigenvalue weighted by Crippen LogP contribution is -2.19. The summed E-state index contributed by atoms with van der Waals surface area (Å²) in [6, 6.07) is 12.9. The van der Waals surface area contributed by atoms with Crippen LogP contribution in [0.4, 0.5) is 5.69 Å². The summed E-state index contributed by atoms with van der Waals surface area (Å²) in [7, 11) is -3.55. The molecule has 1 N–H and O–H groups in total. The number of hydrogen-bond donors (Lipinski definition) is 1. The molecule has 0 atom stereocenters. The van der Waals surface area contributed by atoms with Crippen molar-refractivity contribution in [2.45, 2.75) is 25.2 Å². The van der Waals surface area contributed by atoms with Gasteiger partial charge in [0.05, 0.1) is 28.5 Å². The Morgan fingerprint density at radius 2 is 1.69 bits per heavy atom. The zero-order valence-electron chi connectivity index (χ0n) is 14.7. The number of anilines is 1. The van der Waals surface area contributed by atoms with Crippen LogP contribution >= 0.6 is 0 Å². The normalized spacial score (nSPS) is 11.0. The first-order valence-electron chi connectivity index (χ1n) is 8.19. The molecule has 26 heavy (non-hydrogen) atoms. The van der Waals surface area contributed by atoms with Crippen molar-refractivity contribution in [3.8, 4) is 0 Å². The van der Waals surface area contributed by atoms with Crippen LogP contribution in [0.25, 0.3) is 0 Å². The highest BCUT2D eigenvalue weighted by Gasteiger charge is 2.18. The minimum absolute atomic E-state index is 0.183. The van der Waals surface area contributed by atoms with Crippen molar-refractivity contribution in [2.75, 3.05) is 17.7 Å². The third-order valence-corrected chi connectivity index (χ3v) is 5.41. The fraction of sp³-hybridized carbons (Fsp3) is 0.263. The Morgan fingerprint density at radius 3 is 2.35 bits per heavy atom. The van der Waals surface area contributed by atoms with Gasteiger partial charge in [-0.25, -0.2) is 13.2 Å². The lowest BCUT2D eigenvalue weighted by atomic mass is 10.1.